The first-order valence-electron chi connectivity index (χ1n) is 4.11. The highest BCUT2D eigenvalue weighted by Gasteiger charge is 2.48. The molecule has 0 aliphatic rings. The van der Waals surface area contributed by atoms with Gasteiger partial charge in [-0.05, 0) is 32.4 Å². The van der Waals surface area contributed by atoms with E-state index in [2.05, 4.69) is 6.58 Å². The van der Waals surface area contributed by atoms with Crippen LogP contribution in [0, 0.1) is 5.41 Å². The molecule has 0 saturated carbocycles. The van der Waals surface area contributed by atoms with Crippen molar-refractivity contribution < 1.29 is 17.9 Å². The van der Waals surface area contributed by atoms with E-state index in [1.807, 2.05) is 0 Å². The second-order valence-corrected chi connectivity index (χ2v) is 3.61. The number of methoxy groups -OCH3 is 1. The van der Waals surface area contributed by atoms with Crippen molar-refractivity contribution in [1.29, 1.82) is 0 Å². The Balaban J connectivity index is 4.87. The van der Waals surface area contributed by atoms with E-state index in [0.29, 0.717) is 5.76 Å². The summed E-state index contributed by atoms with van der Waals surface area (Å²) in [6.45, 7) is 7.17. The van der Waals surface area contributed by atoms with Crippen LogP contribution in [0.5, 0.6) is 0 Å². The monoisotopic (exact) mass is 208 g/mol. The van der Waals surface area contributed by atoms with Gasteiger partial charge in [0.15, 0.2) is 0 Å². The van der Waals surface area contributed by atoms with E-state index in [9.17, 15) is 13.2 Å². The average Bonchev–Trinajstić information content (AvgIpc) is 2.01. The van der Waals surface area contributed by atoms with Gasteiger partial charge in [0.25, 0.3) is 0 Å². The zero-order valence-corrected chi connectivity index (χ0v) is 8.83. The zero-order chi connectivity index (χ0) is 11.6. The van der Waals surface area contributed by atoms with E-state index in [1.165, 1.54) is 13.2 Å². The summed E-state index contributed by atoms with van der Waals surface area (Å²) in [7, 11) is 1.40. The van der Waals surface area contributed by atoms with Gasteiger partial charge in [0.1, 0.15) is 0 Å². The third-order valence-electron chi connectivity index (χ3n) is 2.21. The fourth-order valence-electron chi connectivity index (χ4n) is 0.667. The van der Waals surface area contributed by atoms with Crippen LogP contribution in [-0.2, 0) is 4.74 Å². The Morgan fingerprint density at radius 2 is 1.71 bits per heavy atom. The summed E-state index contributed by atoms with van der Waals surface area (Å²) in [6, 6.07) is 0. The van der Waals surface area contributed by atoms with E-state index < -0.39 is 11.6 Å². The third-order valence-corrected chi connectivity index (χ3v) is 2.21. The third kappa shape index (κ3) is 2.79. The fourth-order valence-corrected chi connectivity index (χ4v) is 0.667. The van der Waals surface area contributed by atoms with Crippen LogP contribution in [-0.4, -0.2) is 13.3 Å². The molecule has 0 rings (SSSR count). The number of allylic oxidation sites excluding steroid dienone is 3. The Bertz CT molecular complexity index is 249. The lowest BCUT2D eigenvalue weighted by atomic mass is 9.84. The molecule has 0 aromatic heterocycles. The first-order chi connectivity index (χ1) is 6.13. The summed E-state index contributed by atoms with van der Waals surface area (Å²) < 4.78 is 42.3. The van der Waals surface area contributed by atoms with Crippen LogP contribution in [0.1, 0.15) is 20.8 Å². The van der Waals surface area contributed by atoms with E-state index in [4.69, 9.17) is 4.74 Å². The van der Waals surface area contributed by atoms with Crippen LogP contribution in [0.15, 0.2) is 24.0 Å². The molecule has 0 atom stereocenters. The van der Waals surface area contributed by atoms with E-state index in [-0.39, 0.29) is 5.57 Å². The smallest absolute Gasteiger partial charge is 0.397 e. The first-order valence-corrected chi connectivity index (χ1v) is 4.11. The van der Waals surface area contributed by atoms with Gasteiger partial charge < -0.3 is 4.74 Å². The molecule has 0 fully saturated rings. The topological polar surface area (TPSA) is 9.23 Å². The molecule has 0 N–H and O–H groups in total. The van der Waals surface area contributed by atoms with Crippen molar-refractivity contribution in [2.24, 2.45) is 5.41 Å². The number of halogens is 3. The summed E-state index contributed by atoms with van der Waals surface area (Å²) in [6.07, 6.45) is -3.00. The molecule has 1 nitrogen and oxygen atoms in total. The minimum atomic E-state index is -4.30. The highest BCUT2D eigenvalue weighted by Crippen LogP contribution is 2.43. The Labute approximate surface area is 82.3 Å². The Hall–Kier alpha value is -0.930. The molecule has 0 aromatic carbocycles. The number of rotatable bonds is 3. The quantitative estimate of drug-likeness (QED) is 0.507. The van der Waals surface area contributed by atoms with Crippen LogP contribution in [0.25, 0.3) is 0 Å². The molecule has 0 bridgehead atoms. The summed E-state index contributed by atoms with van der Waals surface area (Å²) in [5.41, 5.74) is -1.93. The van der Waals surface area contributed by atoms with Gasteiger partial charge in [0, 0.05) is 0 Å². The van der Waals surface area contributed by atoms with Gasteiger partial charge >= 0.3 is 6.18 Å². The lowest BCUT2D eigenvalue weighted by Crippen LogP contribution is -2.33. The summed E-state index contributed by atoms with van der Waals surface area (Å²) in [5.74, 6) is 0.410. The van der Waals surface area contributed by atoms with Crippen molar-refractivity contribution in [3.8, 4) is 0 Å². The Kier molecular flexibility index (Phi) is 3.80. The van der Waals surface area contributed by atoms with Crippen LogP contribution >= 0.6 is 0 Å². The van der Waals surface area contributed by atoms with Crippen molar-refractivity contribution in [1.82, 2.24) is 0 Å². The van der Waals surface area contributed by atoms with Gasteiger partial charge in [-0.1, -0.05) is 6.58 Å². The van der Waals surface area contributed by atoms with Crippen LogP contribution < -0.4 is 0 Å². The lowest BCUT2D eigenvalue weighted by molar-refractivity contribution is -0.196. The highest BCUT2D eigenvalue weighted by atomic mass is 19.4. The largest absolute Gasteiger partial charge is 0.501 e. The van der Waals surface area contributed by atoms with Crippen molar-refractivity contribution in [3.63, 3.8) is 0 Å². The molecule has 0 aliphatic carbocycles. The Morgan fingerprint density at radius 3 is 2.00 bits per heavy atom. The highest BCUT2D eigenvalue weighted by molar-refractivity contribution is 5.25. The van der Waals surface area contributed by atoms with Crippen molar-refractivity contribution in [3.05, 3.63) is 24.0 Å². The molecule has 0 heterocycles. The predicted molar refractivity (Wildman–Crippen MR) is 49.7 cm³/mol. The van der Waals surface area contributed by atoms with Gasteiger partial charge in [0.05, 0.1) is 18.3 Å². The minimum Gasteiger partial charge on any atom is -0.501 e. The van der Waals surface area contributed by atoms with E-state index in [1.54, 1.807) is 6.92 Å². The predicted octanol–water partition coefficient (Wildman–Crippen LogP) is 3.68. The SMILES string of the molecule is C=C(/C=C(/C)OC)C(C)(C)C(F)(F)F. The number of ether oxygens (including phenoxy) is 1. The van der Waals surface area contributed by atoms with Crippen LogP contribution in [0.4, 0.5) is 13.2 Å². The standard InChI is InChI=1S/C10H15F3O/c1-7(6-8(2)14-5)9(3,4)10(11,12)13/h6H,1H2,2-5H3/b8-6-. The average molecular weight is 208 g/mol. The molecule has 0 aromatic rings. The molecule has 0 spiro atoms. The molecule has 0 aliphatic heterocycles. The van der Waals surface area contributed by atoms with Crippen LogP contribution in [0.2, 0.25) is 0 Å². The molecular formula is C10H15F3O. The maximum absolute atomic E-state index is 12.5. The molecule has 0 unspecified atom stereocenters. The lowest BCUT2D eigenvalue weighted by Gasteiger charge is -2.28. The zero-order valence-electron chi connectivity index (χ0n) is 8.83. The first kappa shape index (κ1) is 13.1. The summed E-state index contributed by atoms with van der Waals surface area (Å²) in [5, 5.41) is 0. The van der Waals surface area contributed by atoms with Gasteiger partial charge in [0.2, 0.25) is 0 Å². The number of hydrogen-bond donors (Lipinski definition) is 0. The van der Waals surface area contributed by atoms with Gasteiger partial charge in [-0.3, -0.25) is 0 Å². The maximum atomic E-state index is 12.5. The maximum Gasteiger partial charge on any atom is 0.397 e. The van der Waals surface area contributed by atoms with Crippen molar-refractivity contribution >= 4 is 0 Å². The minimum absolute atomic E-state index is 0.00986. The molecule has 4 heteroatoms. The molecule has 14 heavy (non-hydrogen) atoms. The second-order valence-electron chi connectivity index (χ2n) is 3.61. The summed E-state index contributed by atoms with van der Waals surface area (Å²) in [4.78, 5) is 0. The molecule has 0 amide bonds. The molecular weight excluding hydrogens is 193 g/mol. The van der Waals surface area contributed by atoms with Crippen LogP contribution in [0.3, 0.4) is 0 Å². The van der Waals surface area contributed by atoms with Gasteiger partial charge in [-0.25, -0.2) is 0 Å². The van der Waals surface area contributed by atoms with Gasteiger partial charge in [-0.2, -0.15) is 13.2 Å². The fraction of sp³-hybridized carbons (Fsp3) is 0.600. The normalized spacial score (nSPS) is 14.1. The summed E-state index contributed by atoms with van der Waals surface area (Å²) >= 11 is 0. The number of hydrogen-bond acceptors (Lipinski definition) is 1. The van der Waals surface area contributed by atoms with Crippen molar-refractivity contribution in [2.75, 3.05) is 7.11 Å². The van der Waals surface area contributed by atoms with Crippen molar-refractivity contribution in [2.45, 2.75) is 26.9 Å². The van der Waals surface area contributed by atoms with E-state index in [0.717, 1.165) is 13.8 Å². The Morgan fingerprint density at radius 1 is 1.29 bits per heavy atom. The molecule has 0 saturated heterocycles. The van der Waals surface area contributed by atoms with Gasteiger partial charge in [-0.15, -0.1) is 0 Å². The second kappa shape index (κ2) is 4.07. The number of alkyl halides is 3. The molecule has 82 valence electrons. The van der Waals surface area contributed by atoms with E-state index >= 15 is 0 Å². The molecule has 0 radical (unpaired) electrons.